The second-order valence-corrected chi connectivity index (χ2v) is 6.41. The van der Waals surface area contributed by atoms with Crippen LogP contribution in [0.3, 0.4) is 0 Å². The Morgan fingerprint density at radius 2 is 1.96 bits per heavy atom. The van der Waals surface area contributed by atoms with Crippen LogP contribution >= 0.6 is 11.3 Å². The van der Waals surface area contributed by atoms with Gasteiger partial charge in [0.1, 0.15) is 0 Å². The number of hydrogen-bond donors (Lipinski definition) is 1. The Bertz CT molecular complexity index is 718. The third kappa shape index (κ3) is 3.57. The maximum absolute atomic E-state index is 12.4. The molecule has 0 spiro atoms. The second kappa shape index (κ2) is 6.47. The van der Waals surface area contributed by atoms with Gasteiger partial charge in [-0.25, -0.2) is 0 Å². The summed E-state index contributed by atoms with van der Waals surface area (Å²) in [5.41, 5.74) is 5.22. The normalized spacial score (nSPS) is 15.8. The summed E-state index contributed by atoms with van der Waals surface area (Å²) in [6, 6.07) is 3.25. The van der Waals surface area contributed by atoms with Crippen molar-refractivity contribution < 1.29 is 14.1 Å². The zero-order valence-electron chi connectivity index (χ0n) is 12.7. The van der Waals surface area contributed by atoms with Crippen molar-refractivity contribution in [3.05, 3.63) is 33.6 Å². The fraction of sp³-hybridized carbons (Fsp3) is 0.429. The molecule has 1 aliphatic rings. The van der Waals surface area contributed by atoms with Crippen LogP contribution in [-0.2, 0) is 6.54 Å². The molecule has 1 aliphatic heterocycles. The molecule has 0 radical (unpaired) electrons. The van der Waals surface area contributed by atoms with Gasteiger partial charge >= 0.3 is 0 Å². The van der Waals surface area contributed by atoms with Crippen molar-refractivity contribution in [2.45, 2.75) is 13.5 Å². The summed E-state index contributed by atoms with van der Waals surface area (Å²) in [6.45, 7) is 5.11. The zero-order valence-corrected chi connectivity index (χ0v) is 13.5. The summed E-state index contributed by atoms with van der Waals surface area (Å²) in [7, 11) is 0. The molecule has 1 fully saturated rings. The summed E-state index contributed by atoms with van der Waals surface area (Å²) in [5.74, 6) is 0.648. The van der Waals surface area contributed by atoms with E-state index >= 15 is 0 Å². The van der Waals surface area contributed by atoms with E-state index in [2.05, 4.69) is 15.0 Å². The Kier molecular flexibility index (Phi) is 4.39. The van der Waals surface area contributed by atoms with E-state index in [1.807, 2.05) is 0 Å². The molecular weight excluding hydrogens is 318 g/mol. The van der Waals surface area contributed by atoms with Crippen LogP contribution in [0.2, 0.25) is 0 Å². The van der Waals surface area contributed by atoms with Gasteiger partial charge < -0.3 is 15.2 Å². The molecule has 8 nitrogen and oxygen atoms in total. The summed E-state index contributed by atoms with van der Waals surface area (Å²) in [5, 5.41) is 3.88. The fourth-order valence-corrected chi connectivity index (χ4v) is 3.28. The Morgan fingerprint density at radius 1 is 1.26 bits per heavy atom. The molecule has 122 valence electrons. The van der Waals surface area contributed by atoms with Gasteiger partial charge in [-0.2, -0.15) is 4.98 Å². The van der Waals surface area contributed by atoms with Gasteiger partial charge in [-0.3, -0.25) is 14.5 Å². The third-order valence-electron chi connectivity index (χ3n) is 3.65. The molecule has 3 heterocycles. The smallest absolute Gasteiger partial charge is 0.264 e. The van der Waals surface area contributed by atoms with E-state index in [1.54, 1.807) is 24.0 Å². The minimum absolute atomic E-state index is 0.0578. The molecule has 0 saturated carbocycles. The van der Waals surface area contributed by atoms with Gasteiger partial charge in [0.05, 0.1) is 16.3 Å². The number of carbonyl (C=O) groups is 2. The Balaban J connectivity index is 1.55. The second-order valence-electron chi connectivity index (χ2n) is 5.33. The van der Waals surface area contributed by atoms with Gasteiger partial charge in [0.15, 0.2) is 5.82 Å². The first kappa shape index (κ1) is 15.6. The van der Waals surface area contributed by atoms with E-state index < -0.39 is 5.91 Å². The molecule has 0 atom stereocenters. The van der Waals surface area contributed by atoms with E-state index in [4.69, 9.17) is 10.3 Å². The summed E-state index contributed by atoms with van der Waals surface area (Å²) >= 11 is 1.14. The van der Waals surface area contributed by atoms with Crippen molar-refractivity contribution in [3.8, 4) is 0 Å². The van der Waals surface area contributed by atoms with E-state index in [0.717, 1.165) is 24.4 Å². The van der Waals surface area contributed by atoms with E-state index in [0.29, 0.717) is 41.1 Å². The van der Waals surface area contributed by atoms with Crippen molar-refractivity contribution in [2.24, 2.45) is 5.73 Å². The number of rotatable bonds is 4. The van der Waals surface area contributed by atoms with E-state index in [1.165, 1.54) is 0 Å². The van der Waals surface area contributed by atoms with E-state index in [-0.39, 0.29) is 5.91 Å². The molecule has 2 amide bonds. The highest BCUT2D eigenvalue weighted by molar-refractivity contribution is 7.15. The van der Waals surface area contributed by atoms with Crippen LogP contribution in [0, 0.1) is 6.92 Å². The lowest BCUT2D eigenvalue weighted by Gasteiger charge is -2.33. The largest absolute Gasteiger partial charge is 0.365 e. The number of carbonyl (C=O) groups excluding carboxylic acids is 2. The highest BCUT2D eigenvalue weighted by atomic mass is 32.1. The van der Waals surface area contributed by atoms with Crippen LogP contribution in [0.25, 0.3) is 0 Å². The van der Waals surface area contributed by atoms with Crippen LogP contribution in [0.5, 0.6) is 0 Å². The van der Waals surface area contributed by atoms with Gasteiger partial charge in [-0.1, -0.05) is 5.16 Å². The average molecular weight is 335 g/mol. The minimum Gasteiger partial charge on any atom is -0.365 e. The lowest BCUT2D eigenvalue weighted by Crippen LogP contribution is -2.48. The van der Waals surface area contributed by atoms with E-state index in [9.17, 15) is 9.59 Å². The summed E-state index contributed by atoms with van der Waals surface area (Å²) < 4.78 is 4.96. The van der Waals surface area contributed by atoms with Crippen LogP contribution in [-0.4, -0.2) is 57.9 Å². The standard InChI is InChI=1S/C14H17N5O3S/c1-9-16-12(17-22-9)8-18-4-6-19(7-5-18)14(21)11-3-2-10(23-11)13(15)20/h2-3H,4-8H2,1H3,(H2,15,20). The predicted octanol–water partition coefficient (Wildman–Crippen LogP) is 0.496. The van der Waals surface area contributed by atoms with Crippen molar-refractivity contribution in [1.29, 1.82) is 0 Å². The first-order chi connectivity index (χ1) is 11.0. The fourth-order valence-electron chi connectivity index (χ4n) is 2.46. The van der Waals surface area contributed by atoms with Crippen LogP contribution in [0.1, 0.15) is 31.1 Å². The molecule has 2 aromatic rings. The Labute approximate surface area is 136 Å². The number of nitrogens with two attached hydrogens (primary N) is 1. The molecule has 0 unspecified atom stereocenters. The number of amides is 2. The molecule has 3 rings (SSSR count). The highest BCUT2D eigenvalue weighted by Gasteiger charge is 2.24. The zero-order chi connectivity index (χ0) is 16.4. The lowest BCUT2D eigenvalue weighted by atomic mass is 10.3. The third-order valence-corrected chi connectivity index (χ3v) is 4.74. The van der Waals surface area contributed by atoms with Crippen molar-refractivity contribution >= 4 is 23.2 Å². The van der Waals surface area contributed by atoms with Gasteiger partial charge in [0, 0.05) is 33.1 Å². The number of aryl methyl sites for hydroxylation is 1. The first-order valence-corrected chi connectivity index (χ1v) is 8.05. The highest BCUT2D eigenvalue weighted by Crippen LogP contribution is 2.19. The SMILES string of the molecule is Cc1nc(CN2CCN(C(=O)c3ccc(C(N)=O)s3)CC2)no1. The Morgan fingerprint density at radius 3 is 2.52 bits per heavy atom. The van der Waals surface area contributed by atoms with Crippen LogP contribution < -0.4 is 5.73 Å². The van der Waals surface area contributed by atoms with Crippen molar-refractivity contribution in [3.63, 3.8) is 0 Å². The lowest BCUT2D eigenvalue weighted by molar-refractivity contribution is 0.0629. The monoisotopic (exact) mass is 335 g/mol. The van der Waals surface area contributed by atoms with Gasteiger partial charge in [0.2, 0.25) is 5.89 Å². The Hall–Kier alpha value is -2.26. The van der Waals surface area contributed by atoms with Crippen molar-refractivity contribution in [2.75, 3.05) is 26.2 Å². The molecule has 0 aromatic carbocycles. The maximum Gasteiger partial charge on any atom is 0.264 e. The number of hydrogen-bond acceptors (Lipinski definition) is 7. The number of thiophene rings is 1. The van der Waals surface area contributed by atoms with Gasteiger partial charge in [-0.15, -0.1) is 11.3 Å². The quantitative estimate of drug-likeness (QED) is 0.872. The molecule has 2 N–H and O–H groups in total. The number of aromatic nitrogens is 2. The van der Waals surface area contributed by atoms with Crippen LogP contribution in [0.4, 0.5) is 0 Å². The number of piperazine rings is 1. The molecule has 1 saturated heterocycles. The topological polar surface area (TPSA) is 106 Å². The van der Waals surface area contributed by atoms with Crippen LogP contribution in [0.15, 0.2) is 16.7 Å². The average Bonchev–Trinajstić information content (AvgIpc) is 3.17. The summed E-state index contributed by atoms with van der Waals surface area (Å²) in [6.07, 6.45) is 0. The molecule has 0 bridgehead atoms. The molecule has 2 aromatic heterocycles. The first-order valence-electron chi connectivity index (χ1n) is 7.23. The molecule has 0 aliphatic carbocycles. The predicted molar refractivity (Wildman–Crippen MR) is 83.1 cm³/mol. The number of nitrogens with zero attached hydrogens (tertiary/aromatic N) is 4. The van der Waals surface area contributed by atoms with Crippen molar-refractivity contribution in [1.82, 2.24) is 19.9 Å². The van der Waals surface area contributed by atoms with Gasteiger partial charge in [0.25, 0.3) is 11.8 Å². The van der Waals surface area contributed by atoms with Gasteiger partial charge in [-0.05, 0) is 12.1 Å². The summed E-state index contributed by atoms with van der Waals surface area (Å²) in [4.78, 5) is 32.6. The maximum atomic E-state index is 12.4. The minimum atomic E-state index is -0.505. The molecular formula is C14H17N5O3S. The number of primary amides is 1. The molecule has 23 heavy (non-hydrogen) atoms. The molecule has 9 heteroatoms.